The van der Waals surface area contributed by atoms with Gasteiger partial charge in [-0.15, -0.1) is 0 Å². The first kappa shape index (κ1) is 18.0. The van der Waals surface area contributed by atoms with Crippen LogP contribution in [0, 0.1) is 6.92 Å². The zero-order chi connectivity index (χ0) is 18.6. The van der Waals surface area contributed by atoms with Gasteiger partial charge in [0.2, 0.25) is 0 Å². The second-order valence-corrected chi connectivity index (χ2v) is 7.45. The smallest absolute Gasteiger partial charge is 0.254 e. The molecule has 2 saturated heterocycles. The lowest BCUT2D eigenvalue weighted by molar-refractivity contribution is 0.0303. The number of aromatic nitrogens is 1. The van der Waals surface area contributed by atoms with Crippen LogP contribution in [0.15, 0.2) is 42.6 Å². The summed E-state index contributed by atoms with van der Waals surface area (Å²) in [5.74, 6) is 1.50. The summed E-state index contributed by atoms with van der Waals surface area (Å²) >= 11 is 0. The number of carbonyl (C=O) groups is 1. The second-order valence-electron chi connectivity index (χ2n) is 7.45. The van der Waals surface area contributed by atoms with Gasteiger partial charge < -0.3 is 14.5 Å². The van der Waals surface area contributed by atoms with Crippen molar-refractivity contribution in [2.75, 3.05) is 44.3 Å². The van der Waals surface area contributed by atoms with Crippen LogP contribution < -0.4 is 4.90 Å². The minimum absolute atomic E-state index is 0.0782. The molecule has 0 radical (unpaired) electrons. The number of hydrogen-bond acceptors (Lipinski definition) is 4. The number of ether oxygens (including phenoxy) is 1. The molecule has 2 aromatic rings. The SMILES string of the molecule is Cc1ccccc1C1CCCN(c2cc(C(=O)N3CCOCC3)ccn2)C1. The Morgan fingerprint density at radius 1 is 1.15 bits per heavy atom. The molecular formula is C22H27N3O2. The van der Waals surface area contributed by atoms with Gasteiger partial charge in [0.05, 0.1) is 13.2 Å². The topological polar surface area (TPSA) is 45.7 Å². The van der Waals surface area contributed by atoms with Gasteiger partial charge in [-0.05, 0) is 43.0 Å². The van der Waals surface area contributed by atoms with E-state index in [1.165, 1.54) is 17.5 Å². The molecule has 2 aliphatic rings. The van der Waals surface area contributed by atoms with Gasteiger partial charge >= 0.3 is 0 Å². The number of rotatable bonds is 3. The Kier molecular flexibility index (Phi) is 5.39. The van der Waals surface area contributed by atoms with E-state index in [4.69, 9.17) is 4.74 Å². The third-order valence-corrected chi connectivity index (χ3v) is 5.66. The molecule has 1 aromatic heterocycles. The molecular weight excluding hydrogens is 338 g/mol. The van der Waals surface area contributed by atoms with Crippen LogP contribution in [0.25, 0.3) is 0 Å². The molecule has 142 valence electrons. The van der Waals surface area contributed by atoms with Gasteiger partial charge in [0.15, 0.2) is 0 Å². The molecule has 2 fully saturated rings. The maximum Gasteiger partial charge on any atom is 0.254 e. The van der Waals surface area contributed by atoms with Crippen LogP contribution in [0.1, 0.15) is 40.2 Å². The van der Waals surface area contributed by atoms with Gasteiger partial charge in [-0.3, -0.25) is 4.79 Å². The van der Waals surface area contributed by atoms with Gasteiger partial charge in [-0.25, -0.2) is 4.98 Å². The first-order valence-corrected chi connectivity index (χ1v) is 9.86. The molecule has 1 amide bonds. The van der Waals surface area contributed by atoms with Crippen LogP contribution in [0.3, 0.4) is 0 Å². The van der Waals surface area contributed by atoms with Crippen LogP contribution >= 0.6 is 0 Å². The minimum Gasteiger partial charge on any atom is -0.378 e. The summed E-state index contributed by atoms with van der Waals surface area (Å²) < 4.78 is 5.35. The molecule has 0 aliphatic carbocycles. The molecule has 1 atom stereocenters. The van der Waals surface area contributed by atoms with E-state index in [1.807, 2.05) is 17.0 Å². The Balaban J connectivity index is 1.51. The van der Waals surface area contributed by atoms with E-state index in [2.05, 4.69) is 41.1 Å². The van der Waals surface area contributed by atoms with Gasteiger partial charge in [0, 0.05) is 43.9 Å². The molecule has 1 aromatic carbocycles. The molecule has 27 heavy (non-hydrogen) atoms. The zero-order valence-electron chi connectivity index (χ0n) is 15.9. The summed E-state index contributed by atoms with van der Waals surface area (Å²) in [5, 5.41) is 0. The molecule has 2 aliphatic heterocycles. The highest BCUT2D eigenvalue weighted by molar-refractivity contribution is 5.95. The molecule has 0 spiro atoms. The Hall–Kier alpha value is -2.40. The van der Waals surface area contributed by atoms with Crippen molar-refractivity contribution in [3.8, 4) is 0 Å². The van der Waals surface area contributed by atoms with Crippen LogP contribution in [-0.2, 0) is 4.74 Å². The van der Waals surface area contributed by atoms with Gasteiger partial charge in [0.1, 0.15) is 5.82 Å². The number of piperidine rings is 1. The van der Waals surface area contributed by atoms with Crippen molar-refractivity contribution in [1.82, 2.24) is 9.88 Å². The number of nitrogens with zero attached hydrogens (tertiary/aromatic N) is 3. The lowest BCUT2D eigenvalue weighted by atomic mass is 9.88. The summed E-state index contributed by atoms with van der Waals surface area (Å²) in [5.41, 5.74) is 3.51. The molecule has 0 N–H and O–H groups in total. The van der Waals surface area contributed by atoms with Gasteiger partial charge in [0.25, 0.3) is 5.91 Å². The van der Waals surface area contributed by atoms with Crippen molar-refractivity contribution < 1.29 is 9.53 Å². The molecule has 5 nitrogen and oxygen atoms in total. The summed E-state index contributed by atoms with van der Waals surface area (Å²) in [6.45, 7) is 6.69. The highest BCUT2D eigenvalue weighted by atomic mass is 16.5. The predicted octanol–water partition coefficient (Wildman–Crippen LogP) is 3.25. The van der Waals surface area contributed by atoms with E-state index in [-0.39, 0.29) is 5.91 Å². The number of carbonyl (C=O) groups excluding carboxylic acids is 1. The normalized spacial score (nSPS) is 20.6. The van der Waals surface area contributed by atoms with Crippen molar-refractivity contribution in [1.29, 1.82) is 0 Å². The van der Waals surface area contributed by atoms with Crippen LogP contribution in [0.5, 0.6) is 0 Å². The number of hydrogen-bond donors (Lipinski definition) is 0. The summed E-state index contributed by atoms with van der Waals surface area (Å²) in [7, 11) is 0. The Labute approximate surface area is 161 Å². The number of aryl methyl sites for hydroxylation is 1. The fourth-order valence-electron chi connectivity index (χ4n) is 4.16. The van der Waals surface area contributed by atoms with Crippen LogP contribution in [0.4, 0.5) is 5.82 Å². The summed E-state index contributed by atoms with van der Waals surface area (Å²) in [4.78, 5) is 21.6. The number of anilines is 1. The van der Waals surface area contributed by atoms with E-state index >= 15 is 0 Å². The van der Waals surface area contributed by atoms with Crippen LogP contribution in [0.2, 0.25) is 0 Å². The third-order valence-electron chi connectivity index (χ3n) is 5.66. The first-order chi connectivity index (χ1) is 13.2. The minimum atomic E-state index is 0.0782. The lowest BCUT2D eigenvalue weighted by Crippen LogP contribution is -2.41. The van der Waals surface area contributed by atoms with Crippen molar-refractivity contribution >= 4 is 11.7 Å². The summed E-state index contributed by atoms with van der Waals surface area (Å²) in [6.07, 6.45) is 4.11. The van der Waals surface area contributed by atoms with Crippen molar-refractivity contribution in [3.05, 3.63) is 59.3 Å². The quantitative estimate of drug-likeness (QED) is 0.838. The average molecular weight is 365 g/mol. The fourth-order valence-corrected chi connectivity index (χ4v) is 4.16. The largest absolute Gasteiger partial charge is 0.378 e. The highest BCUT2D eigenvalue weighted by Crippen LogP contribution is 2.31. The van der Waals surface area contributed by atoms with Gasteiger partial charge in [-0.2, -0.15) is 0 Å². The Morgan fingerprint density at radius 2 is 1.96 bits per heavy atom. The average Bonchev–Trinajstić information content (AvgIpc) is 2.74. The lowest BCUT2D eigenvalue weighted by Gasteiger charge is -2.34. The molecule has 1 unspecified atom stereocenters. The van der Waals surface area contributed by atoms with E-state index in [9.17, 15) is 4.79 Å². The standard InChI is InChI=1S/C22H27N3O2/c1-17-5-2-3-7-20(17)19-6-4-10-25(16-19)21-15-18(8-9-23-21)22(26)24-11-13-27-14-12-24/h2-3,5,7-9,15,19H,4,6,10-14,16H2,1H3. The summed E-state index contributed by atoms with van der Waals surface area (Å²) in [6, 6.07) is 12.4. The molecule has 0 saturated carbocycles. The van der Waals surface area contributed by atoms with Crippen molar-refractivity contribution in [2.24, 2.45) is 0 Å². The number of amides is 1. The van der Waals surface area contributed by atoms with Crippen molar-refractivity contribution in [3.63, 3.8) is 0 Å². The van der Waals surface area contributed by atoms with Gasteiger partial charge in [-0.1, -0.05) is 24.3 Å². The van der Waals surface area contributed by atoms with Crippen molar-refractivity contribution in [2.45, 2.75) is 25.7 Å². The maximum atomic E-state index is 12.8. The predicted molar refractivity (Wildman–Crippen MR) is 106 cm³/mol. The fraction of sp³-hybridized carbons (Fsp3) is 0.455. The maximum absolute atomic E-state index is 12.8. The molecule has 0 bridgehead atoms. The van der Waals surface area contributed by atoms with Crippen LogP contribution in [-0.4, -0.2) is 55.2 Å². The Morgan fingerprint density at radius 3 is 2.78 bits per heavy atom. The zero-order valence-corrected chi connectivity index (χ0v) is 15.9. The van der Waals surface area contributed by atoms with E-state index in [0.29, 0.717) is 32.2 Å². The number of pyridine rings is 1. The van der Waals surface area contributed by atoms with E-state index in [1.54, 1.807) is 6.20 Å². The second kappa shape index (κ2) is 8.09. The number of morpholine rings is 1. The monoisotopic (exact) mass is 365 g/mol. The molecule has 3 heterocycles. The molecule has 4 rings (SSSR count). The first-order valence-electron chi connectivity index (χ1n) is 9.86. The van der Waals surface area contributed by atoms with E-state index < -0.39 is 0 Å². The third kappa shape index (κ3) is 3.98. The molecule has 5 heteroatoms. The number of benzene rings is 1. The highest BCUT2D eigenvalue weighted by Gasteiger charge is 2.25. The van der Waals surface area contributed by atoms with E-state index in [0.717, 1.165) is 30.9 Å². The Bertz CT molecular complexity index is 802.